The SMILES string of the molecule is CNCc1ccc(S(=O)(=O)NCCOCC(F)F)nc1. The van der Waals surface area contributed by atoms with Gasteiger partial charge < -0.3 is 10.1 Å². The molecule has 0 amide bonds. The van der Waals surface area contributed by atoms with Gasteiger partial charge in [-0.3, -0.25) is 0 Å². The van der Waals surface area contributed by atoms with Gasteiger partial charge in [-0.05, 0) is 18.7 Å². The maximum Gasteiger partial charge on any atom is 0.261 e. The highest BCUT2D eigenvalue weighted by Gasteiger charge is 2.14. The Balaban J connectivity index is 2.47. The highest BCUT2D eigenvalue weighted by atomic mass is 32.2. The lowest BCUT2D eigenvalue weighted by Gasteiger charge is -2.07. The number of aromatic nitrogens is 1. The summed E-state index contributed by atoms with van der Waals surface area (Å²) in [6.07, 6.45) is -1.11. The quantitative estimate of drug-likeness (QED) is 0.644. The van der Waals surface area contributed by atoms with Crippen molar-refractivity contribution in [2.45, 2.75) is 18.0 Å². The molecule has 1 heterocycles. The van der Waals surface area contributed by atoms with E-state index < -0.39 is 23.1 Å². The summed E-state index contributed by atoms with van der Waals surface area (Å²) < 4.78 is 54.0. The van der Waals surface area contributed by atoms with Crippen LogP contribution in [0.2, 0.25) is 0 Å². The van der Waals surface area contributed by atoms with Crippen molar-refractivity contribution in [2.75, 3.05) is 26.8 Å². The molecule has 6 nitrogen and oxygen atoms in total. The molecule has 20 heavy (non-hydrogen) atoms. The predicted octanol–water partition coefficient (Wildman–Crippen LogP) is 0.361. The lowest BCUT2D eigenvalue weighted by molar-refractivity contribution is 0.0199. The molecule has 1 aromatic rings. The first-order valence-electron chi connectivity index (χ1n) is 5.91. The summed E-state index contributed by atoms with van der Waals surface area (Å²) in [4.78, 5) is 3.84. The molecule has 0 unspecified atom stereocenters. The third-order valence-electron chi connectivity index (χ3n) is 2.24. The fourth-order valence-corrected chi connectivity index (χ4v) is 2.31. The Bertz CT molecular complexity index is 494. The number of alkyl halides is 2. The van der Waals surface area contributed by atoms with Gasteiger partial charge in [0.1, 0.15) is 6.61 Å². The van der Waals surface area contributed by atoms with Gasteiger partial charge in [-0.25, -0.2) is 26.9 Å². The Kier molecular flexibility index (Phi) is 6.93. The molecule has 0 aliphatic carbocycles. The minimum Gasteiger partial charge on any atom is -0.374 e. The summed E-state index contributed by atoms with van der Waals surface area (Å²) in [6.45, 7) is -0.336. The zero-order chi connectivity index (χ0) is 15.0. The largest absolute Gasteiger partial charge is 0.374 e. The number of nitrogens with one attached hydrogen (secondary N) is 2. The highest BCUT2D eigenvalue weighted by Crippen LogP contribution is 2.06. The summed E-state index contributed by atoms with van der Waals surface area (Å²) >= 11 is 0. The summed E-state index contributed by atoms with van der Waals surface area (Å²) in [5.74, 6) is 0. The van der Waals surface area contributed by atoms with Crippen molar-refractivity contribution in [3.63, 3.8) is 0 Å². The molecule has 0 saturated heterocycles. The zero-order valence-electron chi connectivity index (χ0n) is 11.0. The first kappa shape index (κ1) is 16.9. The molecule has 1 rings (SSSR count). The lowest BCUT2D eigenvalue weighted by Crippen LogP contribution is -2.28. The lowest BCUT2D eigenvalue weighted by atomic mass is 10.3. The molecular formula is C11H17F2N3O3S. The van der Waals surface area contributed by atoms with E-state index in [9.17, 15) is 17.2 Å². The number of rotatable bonds is 9. The van der Waals surface area contributed by atoms with Crippen molar-refractivity contribution in [3.05, 3.63) is 23.9 Å². The van der Waals surface area contributed by atoms with Crippen LogP contribution in [0.4, 0.5) is 8.78 Å². The zero-order valence-corrected chi connectivity index (χ0v) is 11.8. The summed E-state index contributed by atoms with van der Waals surface area (Å²) in [5.41, 5.74) is 0.853. The van der Waals surface area contributed by atoms with Crippen LogP contribution in [-0.4, -0.2) is 46.6 Å². The number of sulfonamides is 1. The number of hydrogen-bond acceptors (Lipinski definition) is 5. The van der Waals surface area contributed by atoms with Crippen molar-refractivity contribution < 1.29 is 21.9 Å². The molecular weight excluding hydrogens is 292 g/mol. The number of halogens is 2. The third-order valence-corrected chi connectivity index (χ3v) is 3.61. The first-order valence-corrected chi connectivity index (χ1v) is 7.39. The van der Waals surface area contributed by atoms with E-state index >= 15 is 0 Å². The van der Waals surface area contributed by atoms with Crippen LogP contribution < -0.4 is 10.0 Å². The second-order valence-electron chi connectivity index (χ2n) is 3.90. The molecule has 0 aliphatic rings. The van der Waals surface area contributed by atoms with E-state index in [1.54, 1.807) is 13.1 Å². The van der Waals surface area contributed by atoms with Crippen LogP contribution in [0.5, 0.6) is 0 Å². The van der Waals surface area contributed by atoms with Crippen molar-refractivity contribution >= 4 is 10.0 Å². The van der Waals surface area contributed by atoms with E-state index in [1.165, 1.54) is 12.3 Å². The number of pyridine rings is 1. The minimum atomic E-state index is -3.74. The predicted molar refractivity (Wildman–Crippen MR) is 69.0 cm³/mol. The Hall–Kier alpha value is -1.16. The Labute approximate surface area is 116 Å². The van der Waals surface area contributed by atoms with Gasteiger partial charge in [0.15, 0.2) is 5.03 Å². The van der Waals surface area contributed by atoms with Crippen LogP contribution in [0.1, 0.15) is 5.56 Å². The summed E-state index contributed by atoms with van der Waals surface area (Å²) in [7, 11) is -1.97. The van der Waals surface area contributed by atoms with Crippen molar-refractivity contribution in [2.24, 2.45) is 0 Å². The molecule has 0 atom stereocenters. The van der Waals surface area contributed by atoms with Crippen LogP contribution in [0.15, 0.2) is 23.4 Å². The average molecular weight is 309 g/mol. The fourth-order valence-electron chi connectivity index (χ4n) is 1.37. The van der Waals surface area contributed by atoms with Gasteiger partial charge in [0.05, 0.1) is 6.61 Å². The van der Waals surface area contributed by atoms with Gasteiger partial charge in [0, 0.05) is 19.3 Å². The van der Waals surface area contributed by atoms with Gasteiger partial charge in [-0.15, -0.1) is 0 Å². The molecule has 0 radical (unpaired) electrons. The van der Waals surface area contributed by atoms with Crippen molar-refractivity contribution in [1.29, 1.82) is 0 Å². The molecule has 0 spiro atoms. The summed E-state index contributed by atoms with van der Waals surface area (Å²) in [6, 6.07) is 3.03. The van der Waals surface area contributed by atoms with E-state index in [0.29, 0.717) is 6.54 Å². The monoisotopic (exact) mass is 309 g/mol. The Morgan fingerprint density at radius 2 is 2.15 bits per heavy atom. The van der Waals surface area contributed by atoms with E-state index in [4.69, 9.17) is 0 Å². The van der Waals surface area contributed by atoms with E-state index in [2.05, 4.69) is 19.8 Å². The number of nitrogens with zero attached hydrogens (tertiary/aromatic N) is 1. The van der Waals surface area contributed by atoms with Crippen molar-refractivity contribution in [3.8, 4) is 0 Å². The first-order chi connectivity index (χ1) is 9.45. The maximum absolute atomic E-state index is 11.8. The number of ether oxygens (including phenoxy) is 1. The van der Waals surface area contributed by atoms with E-state index in [0.717, 1.165) is 5.56 Å². The average Bonchev–Trinajstić information content (AvgIpc) is 2.39. The van der Waals surface area contributed by atoms with Crippen molar-refractivity contribution in [1.82, 2.24) is 15.0 Å². The molecule has 0 aliphatic heterocycles. The standard InChI is InChI=1S/C11H17F2N3O3S/c1-14-6-9-2-3-11(15-7-9)20(17,18)16-4-5-19-8-10(12)13/h2-3,7,10,14,16H,4-6,8H2,1H3. The normalized spacial score (nSPS) is 12.0. The van der Waals surface area contributed by atoms with Gasteiger partial charge in [-0.2, -0.15) is 0 Å². The Morgan fingerprint density at radius 3 is 2.70 bits per heavy atom. The second kappa shape index (κ2) is 8.20. The molecule has 0 bridgehead atoms. The Morgan fingerprint density at radius 1 is 1.40 bits per heavy atom. The topological polar surface area (TPSA) is 80.3 Å². The van der Waals surface area contributed by atoms with Gasteiger partial charge in [0.25, 0.3) is 16.4 Å². The molecule has 0 fully saturated rings. The second-order valence-corrected chi connectivity index (χ2v) is 5.61. The molecule has 0 aromatic carbocycles. The van der Waals surface area contributed by atoms with Crippen LogP contribution in [0.25, 0.3) is 0 Å². The molecule has 1 aromatic heterocycles. The van der Waals surface area contributed by atoms with Crippen LogP contribution in [0.3, 0.4) is 0 Å². The van der Waals surface area contributed by atoms with Crippen LogP contribution in [0, 0.1) is 0 Å². The van der Waals surface area contributed by atoms with E-state index in [1.807, 2.05) is 0 Å². The van der Waals surface area contributed by atoms with Crippen LogP contribution >= 0.6 is 0 Å². The third kappa shape index (κ3) is 5.87. The molecule has 114 valence electrons. The smallest absolute Gasteiger partial charge is 0.261 e. The van der Waals surface area contributed by atoms with Gasteiger partial charge >= 0.3 is 0 Å². The molecule has 0 saturated carbocycles. The fraction of sp³-hybridized carbons (Fsp3) is 0.545. The molecule has 2 N–H and O–H groups in total. The van der Waals surface area contributed by atoms with E-state index in [-0.39, 0.29) is 18.2 Å². The van der Waals surface area contributed by atoms with Crippen LogP contribution in [-0.2, 0) is 21.3 Å². The van der Waals surface area contributed by atoms with Gasteiger partial charge in [-0.1, -0.05) is 6.07 Å². The molecule has 9 heteroatoms. The maximum atomic E-state index is 11.8. The highest BCUT2D eigenvalue weighted by molar-refractivity contribution is 7.89. The number of hydrogen-bond donors (Lipinski definition) is 2. The van der Waals surface area contributed by atoms with Gasteiger partial charge in [0.2, 0.25) is 0 Å². The minimum absolute atomic E-state index is 0.0883. The summed E-state index contributed by atoms with van der Waals surface area (Å²) in [5, 5.41) is 2.80.